The maximum Gasteiger partial charge on any atom is 0.262 e. The lowest BCUT2D eigenvalue weighted by molar-refractivity contribution is 0.392. The molecule has 7 heteroatoms. The molecule has 1 aliphatic heterocycles. The van der Waals surface area contributed by atoms with Gasteiger partial charge in [0, 0.05) is 24.2 Å². The maximum absolute atomic E-state index is 12.5. The van der Waals surface area contributed by atoms with Gasteiger partial charge in [-0.05, 0) is 35.6 Å². The SMILES string of the molecule is Nc1cccnc1S(=O)(=O)N1CCc2sccc2C1. The van der Waals surface area contributed by atoms with Gasteiger partial charge in [-0.15, -0.1) is 11.3 Å². The van der Waals surface area contributed by atoms with E-state index in [-0.39, 0.29) is 10.7 Å². The third-order valence-electron chi connectivity index (χ3n) is 3.16. The molecule has 0 saturated carbocycles. The van der Waals surface area contributed by atoms with E-state index in [9.17, 15) is 8.42 Å². The minimum absolute atomic E-state index is 0.0475. The molecule has 2 aromatic rings. The van der Waals surface area contributed by atoms with Crippen LogP contribution in [-0.2, 0) is 23.0 Å². The van der Waals surface area contributed by atoms with Crippen LogP contribution in [0.4, 0.5) is 5.69 Å². The average molecular weight is 295 g/mol. The first-order chi connectivity index (χ1) is 9.09. The molecule has 0 aromatic carbocycles. The molecule has 0 amide bonds. The van der Waals surface area contributed by atoms with Crippen LogP contribution in [0, 0.1) is 0 Å². The van der Waals surface area contributed by atoms with Gasteiger partial charge >= 0.3 is 0 Å². The summed E-state index contributed by atoms with van der Waals surface area (Å²) < 4.78 is 26.5. The molecule has 0 saturated heterocycles. The Labute approximate surface area is 115 Å². The number of nitrogens with two attached hydrogens (primary N) is 1. The van der Waals surface area contributed by atoms with Crippen molar-refractivity contribution < 1.29 is 8.42 Å². The van der Waals surface area contributed by atoms with Crippen LogP contribution in [0.5, 0.6) is 0 Å². The molecule has 100 valence electrons. The van der Waals surface area contributed by atoms with E-state index in [1.54, 1.807) is 23.5 Å². The minimum Gasteiger partial charge on any atom is -0.396 e. The minimum atomic E-state index is -3.61. The summed E-state index contributed by atoms with van der Waals surface area (Å²) in [4.78, 5) is 5.18. The van der Waals surface area contributed by atoms with Crippen LogP contribution in [0.25, 0.3) is 0 Å². The van der Waals surface area contributed by atoms with Gasteiger partial charge in [-0.1, -0.05) is 0 Å². The largest absolute Gasteiger partial charge is 0.396 e. The van der Waals surface area contributed by atoms with Crippen LogP contribution in [0.15, 0.2) is 34.8 Å². The summed E-state index contributed by atoms with van der Waals surface area (Å²) >= 11 is 1.68. The monoisotopic (exact) mass is 295 g/mol. The Morgan fingerprint density at radius 1 is 1.37 bits per heavy atom. The number of hydrogen-bond acceptors (Lipinski definition) is 5. The number of rotatable bonds is 2. The molecule has 0 fully saturated rings. The van der Waals surface area contributed by atoms with Gasteiger partial charge in [0.15, 0.2) is 5.03 Å². The van der Waals surface area contributed by atoms with Crippen molar-refractivity contribution in [2.24, 2.45) is 0 Å². The number of sulfonamides is 1. The lowest BCUT2D eigenvalue weighted by Crippen LogP contribution is -2.36. The Hall–Kier alpha value is -1.44. The number of aromatic nitrogens is 1. The predicted molar refractivity (Wildman–Crippen MR) is 74.3 cm³/mol. The summed E-state index contributed by atoms with van der Waals surface area (Å²) in [6.07, 6.45) is 2.20. The molecule has 19 heavy (non-hydrogen) atoms. The van der Waals surface area contributed by atoms with E-state index in [4.69, 9.17) is 5.73 Å². The van der Waals surface area contributed by atoms with Crippen LogP contribution >= 0.6 is 11.3 Å². The Morgan fingerprint density at radius 3 is 3.00 bits per heavy atom. The number of nitrogen functional groups attached to an aromatic ring is 1. The van der Waals surface area contributed by atoms with Crippen molar-refractivity contribution >= 4 is 27.0 Å². The number of nitrogens with zero attached hydrogens (tertiary/aromatic N) is 2. The quantitative estimate of drug-likeness (QED) is 0.910. The second-order valence-electron chi connectivity index (χ2n) is 4.36. The molecule has 0 spiro atoms. The lowest BCUT2D eigenvalue weighted by Gasteiger charge is -2.26. The lowest BCUT2D eigenvalue weighted by atomic mass is 10.1. The standard InChI is InChI=1S/C12H13N3O2S2/c13-10-2-1-5-14-12(10)19(16,17)15-6-3-11-9(8-15)4-7-18-11/h1-2,4-5,7H,3,6,8,13H2. The number of pyridine rings is 1. The molecule has 0 radical (unpaired) electrons. The van der Waals surface area contributed by atoms with Crippen LogP contribution < -0.4 is 5.73 Å². The van der Waals surface area contributed by atoms with Crippen molar-refractivity contribution in [2.45, 2.75) is 18.0 Å². The topological polar surface area (TPSA) is 76.3 Å². The number of fused-ring (bicyclic) bond motifs is 1. The summed E-state index contributed by atoms with van der Waals surface area (Å²) in [5, 5.41) is 1.95. The van der Waals surface area contributed by atoms with E-state index in [0.717, 1.165) is 12.0 Å². The van der Waals surface area contributed by atoms with E-state index in [1.165, 1.54) is 15.4 Å². The van der Waals surface area contributed by atoms with E-state index in [0.29, 0.717) is 13.1 Å². The zero-order valence-corrected chi connectivity index (χ0v) is 11.7. The fourth-order valence-electron chi connectivity index (χ4n) is 2.17. The van der Waals surface area contributed by atoms with Gasteiger partial charge in [0.05, 0.1) is 5.69 Å². The van der Waals surface area contributed by atoms with Gasteiger partial charge < -0.3 is 5.73 Å². The van der Waals surface area contributed by atoms with Gasteiger partial charge in [-0.3, -0.25) is 0 Å². The fraction of sp³-hybridized carbons (Fsp3) is 0.250. The molecule has 0 atom stereocenters. The Morgan fingerprint density at radius 2 is 2.21 bits per heavy atom. The molecular weight excluding hydrogens is 282 g/mol. The Balaban J connectivity index is 1.97. The molecule has 0 bridgehead atoms. The molecule has 2 aromatic heterocycles. The van der Waals surface area contributed by atoms with Crippen LogP contribution in [0.1, 0.15) is 10.4 Å². The van der Waals surface area contributed by atoms with E-state index < -0.39 is 10.0 Å². The summed E-state index contributed by atoms with van der Waals surface area (Å²) in [5.41, 5.74) is 6.99. The highest BCUT2D eigenvalue weighted by molar-refractivity contribution is 7.89. The van der Waals surface area contributed by atoms with Gasteiger partial charge in [-0.25, -0.2) is 13.4 Å². The predicted octanol–water partition coefficient (Wildman–Crippen LogP) is 1.47. The van der Waals surface area contributed by atoms with Crippen LogP contribution in [0.3, 0.4) is 0 Å². The van der Waals surface area contributed by atoms with E-state index >= 15 is 0 Å². The zero-order chi connectivity index (χ0) is 13.5. The van der Waals surface area contributed by atoms with E-state index in [2.05, 4.69) is 4.98 Å². The highest BCUT2D eigenvalue weighted by Gasteiger charge is 2.31. The van der Waals surface area contributed by atoms with Gasteiger partial charge in [0.25, 0.3) is 10.0 Å². The fourth-order valence-corrected chi connectivity index (χ4v) is 4.50. The Bertz CT molecular complexity index is 709. The van der Waals surface area contributed by atoms with Gasteiger partial charge in [-0.2, -0.15) is 4.31 Å². The third kappa shape index (κ3) is 2.13. The number of hydrogen-bond donors (Lipinski definition) is 1. The van der Waals surface area contributed by atoms with Crippen molar-refractivity contribution in [3.05, 3.63) is 40.2 Å². The molecular formula is C12H13N3O2S2. The summed E-state index contributed by atoms with van der Waals surface area (Å²) in [6.45, 7) is 0.878. The van der Waals surface area contributed by atoms with Crippen molar-refractivity contribution in [3.8, 4) is 0 Å². The van der Waals surface area contributed by atoms with Crippen molar-refractivity contribution in [1.29, 1.82) is 0 Å². The van der Waals surface area contributed by atoms with Gasteiger partial charge in [0.1, 0.15) is 0 Å². The third-order valence-corrected chi connectivity index (χ3v) is 6.00. The molecule has 3 rings (SSSR count). The molecule has 0 unspecified atom stereocenters. The van der Waals surface area contributed by atoms with Crippen molar-refractivity contribution in [2.75, 3.05) is 12.3 Å². The molecule has 3 heterocycles. The summed E-state index contributed by atoms with van der Waals surface area (Å²) in [7, 11) is -3.61. The number of anilines is 1. The first-order valence-electron chi connectivity index (χ1n) is 5.85. The highest BCUT2D eigenvalue weighted by Crippen LogP contribution is 2.28. The number of thiophene rings is 1. The molecule has 5 nitrogen and oxygen atoms in total. The van der Waals surface area contributed by atoms with E-state index in [1.807, 2.05) is 11.4 Å². The molecule has 0 aliphatic carbocycles. The maximum atomic E-state index is 12.5. The second kappa shape index (κ2) is 4.59. The summed E-state index contributed by atoms with van der Waals surface area (Å²) in [6, 6.07) is 5.16. The average Bonchev–Trinajstić information content (AvgIpc) is 2.86. The zero-order valence-electron chi connectivity index (χ0n) is 10.1. The highest BCUT2D eigenvalue weighted by atomic mass is 32.2. The van der Waals surface area contributed by atoms with Gasteiger partial charge in [0.2, 0.25) is 0 Å². The normalized spacial score (nSPS) is 16.2. The summed E-state index contributed by atoms with van der Waals surface area (Å²) in [5.74, 6) is 0. The van der Waals surface area contributed by atoms with Crippen molar-refractivity contribution in [3.63, 3.8) is 0 Å². The van der Waals surface area contributed by atoms with Crippen LogP contribution in [0.2, 0.25) is 0 Å². The smallest absolute Gasteiger partial charge is 0.262 e. The van der Waals surface area contributed by atoms with Crippen molar-refractivity contribution in [1.82, 2.24) is 9.29 Å². The molecule has 1 aliphatic rings. The first kappa shape index (κ1) is 12.6. The second-order valence-corrected chi connectivity index (χ2v) is 7.21. The first-order valence-corrected chi connectivity index (χ1v) is 8.17. The molecule has 2 N–H and O–H groups in total. The van der Waals surface area contributed by atoms with Crippen LogP contribution in [-0.4, -0.2) is 24.3 Å². The Kier molecular flexibility index (Phi) is 3.04.